The van der Waals surface area contributed by atoms with Crippen molar-refractivity contribution in [3.05, 3.63) is 102 Å². The molecule has 8 rings (SSSR count). The van der Waals surface area contributed by atoms with Crippen molar-refractivity contribution in [1.29, 1.82) is 0 Å². The lowest BCUT2D eigenvalue weighted by atomic mass is 9.80. The third kappa shape index (κ3) is 3.94. The lowest BCUT2D eigenvalue weighted by Gasteiger charge is -2.36. The van der Waals surface area contributed by atoms with E-state index in [0.29, 0.717) is 17.9 Å². The van der Waals surface area contributed by atoms with Crippen LogP contribution >= 0.6 is 0 Å². The van der Waals surface area contributed by atoms with E-state index in [1.807, 2.05) is 0 Å². The minimum atomic E-state index is -0.356. The van der Waals surface area contributed by atoms with Gasteiger partial charge in [0.2, 0.25) is 6.29 Å². The van der Waals surface area contributed by atoms with Crippen LogP contribution in [0.5, 0.6) is 5.75 Å². The number of hydrogen-bond acceptors (Lipinski definition) is 2. The van der Waals surface area contributed by atoms with Crippen molar-refractivity contribution in [2.45, 2.75) is 76.6 Å². The predicted octanol–water partition coefficient (Wildman–Crippen LogP) is 9.71. The normalized spacial score (nSPS) is 27.9. The summed E-state index contributed by atoms with van der Waals surface area (Å²) in [6, 6.07) is 31.2. The topological polar surface area (TPSA) is 18.5 Å². The van der Waals surface area contributed by atoms with Gasteiger partial charge in [-0.3, -0.25) is 0 Å². The van der Waals surface area contributed by atoms with Crippen LogP contribution in [0.3, 0.4) is 0 Å². The van der Waals surface area contributed by atoms with Crippen LogP contribution in [-0.2, 0) is 4.74 Å². The summed E-state index contributed by atoms with van der Waals surface area (Å²) in [4.78, 5) is 0. The molecule has 40 heavy (non-hydrogen) atoms. The summed E-state index contributed by atoms with van der Waals surface area (Å²) in [5.74, 6) is 4.91. The molecule has 0 radical (unpaired) electrons. The van der Waals surface area contributed by atoms with Gasteiger partial charge in [0.25, 0.3) is 0 Å². The first-order valence-electron chi connectivity index (χ1n) is 15.7. The molecule has 0 heterocycles. The fourth-order valence-corrected chi connectivity index (χ4v) is 8.99. The molecule has 0 aliphatic heterocycles. The molecular formula is C38H40O2. The van der Waals surface area contributed by atoms with Gasteiger partial charge in [-0.2, -0.15) is 0 Å². The summed E-state index contributed by atoms with van der Waals surface area (Å²) in [5.41, 5.74) is 6.70. The van der Waals surface area contributed by atoms with Gasteiger partial charge in [0.1, 0.15) is 5.75 Å². The molecule has 204 valence electrons. The molecule has 3 fully saturated rings. The number of fused-ring (bicyclic) bond motifs is 9. The summed E-state index contributed by atoms with van der Waals surface area (Å²) < 4.78 is 14.2. The van der Waals surface area contributed by atoms with Crippen molar-refractivity contribution in [2.24, 2.45) is 23.7 Å². The first-order valence-corrected chi connectivity index (χ1v) is 15.7. The van der Waals surface area contributed by atoms with Crippen molar-refractivity contribution in [1.82, 2.24) is 0 Å². The second-order valence-corrected chi connectivity index (χ2v) is 13.0. The molecule has 2 heteroatoms. The highest BCUT2D eigenvalue weighted by atomic mass is 16.7. The summed E-state index contributed by atoms with van der Waals surface area (Å²) in [6.07, 6.45) is 7.91. The van der Waals surface area contributed by atoms with Crippen LogP contribution in [-0.4, -0.2) is 12.4 Å². The summed E-state index contributed by atoms with van der Waals surface area (Å²) in [5, 5.41) is 2.50. The van der Waals surface area contributed by atoms with Crippen molar-refractivity contribution in [3.63, 3.8) is 0 Å². The molecule has 7 atom stereocenters. The zero-order chi connectivity index (χ0) is 26.8. The quantitative estimate of drug-likeness (QED) is 0.222. The summed E-state index contributed by atoms with van der Waals surface area (Å²) in [7, 11) is 0. The maximum Gasteiger partial charge on any atom is 0.211 e. The Kier molecular flexibility index (Phi) is 6.03. The van der Waals surface area contributed by atoms with E-state index in [-0.39, 0.29) is 12.2 Å². The van der Waals surface area contributed by atoms with Gasteiger partial charge in [-0.25, -0.2) is 0 Å². The van der Waals surface area contributed by atoms with Crippen molar-refractivity contribution in [2.75, 3.05) is 0 Å². The molecular weight excluding hydrogens is 488 g/mol. The fraction of sp³-hybridized carbons (Fsp3) is 0.421. The fourth-order valence-electron chi connectivity index (χ4n) is 8.99. The van der Waals surface area contributed by atoms with Crippen LogP contribution in [0.15, 0.2) is 84.9 Å². The Morgan fingerprint density at radius 3 is 2.23 bits per heavy atom. The maximum absolute atomic E-state index is 7.21. The highest BCUT2D eigenvalue weighted by molar-refractivity contribution is 5.84. The zero-order valence-electron chi connectivity index (χ0n) is 23.8. The molecule has 3 saturated carbocycles. The Hall–Kier alpha value is -3.10. The molecule has 4 aromatic rings. The lowest BCUT2D eigenvalue weighted by Crippen LogP contribution is -2.38. The van der Waals surface area contributed by atoms with Gasteiger partial charge in [0.05, 0.1) is 12.0 Å². The van der Waals surface area contributed by atoms with E-state index in [1.165, 1.54) is 70.7 Å². The number of ether oxygens (including phenoxy) is 2. The van der Waals surface area contributed by atoms with E-state index < -0.39 is 0 Å². The maximum atomic E-state index is 7.21. The molecule has 4 aliphatic carbocycles. The molecule has 2 bridgehead atoms. The summed E-state index contributed by atoms with van der Waals surface area (Å²) >= 11 is 0. The molecule has 4 aliphatic rings. The van der Waals surface area contributed by atoms with Crippen LogP contribution in [0.4, 0.5) is 0 Å². The molecule has 7 unspecified atom stereocenters. The van der Waals surface area contributed by atoms with Crippen LogP contribution < -0.4 is 4.74 Å². The number of benzene rings is 4. The lowest BCUT2D eigenvalue weighted by molar-refractivity contribution is -0.148. The SMILES string of the molecule is CCC(C)c1ccc2cc(OC(OC3CC4CC3C3CCCC43)C3c4ccccc4-c4ccccc43)ccc2c1. The van der Waals surface area contributed by atoms with Crippen LogP contribution in [0.25, 0.3) is 21.9 Å². The van der Waals surface area contributed by atoms with Crippen molar-refractivity contribution >= 4 is 10.8 Å². The van der Waals surface area contributed by atoms with Gasteiger partial charge >= 0.3 is 0 Å². The molecule has 0 amide bonds. The average molecular weight is 529 g/mol. The highest BCUT2D eigenvalue weighted by Gasteiger charge is 2.55. The Morgan fingerprint density at radius 1 is 0.750 bits per heavy atom. The van der Waals surface area contributed by atoms with E-state index in [2.05, 4.69) is 98.8 Å². The van der Waals surface area contributed by atoms with Crippen LogP contribution in [0.1, 0.15) is 80.9 Å². The molecule has 4 aromatic carbocycles. The van der Waals surface area contributed by atoms with E-state index in [4.69, 9.17) is 9.47 Å². The average Bonchev–Trinajstić information content (AvgIpc) is 3.77. The summed E-state index contributed by atoms with van der Waals surface area (Å²) in [6.45, 7) is 4.57. The van der Waals surface area contributed by atoms with E-state index >= 15 is 0 Å². The number of rotatable bonds is 7. The third-order valence-corrected chi connectivity index (χ3v) is 11.1. The third-order valence-electron chi connectivity index (χ3n) is 11.1. The van der Waals surface area contributed by atoms with Crippen molar-refractivity contribution < 1.29 is 9.47 Å². The van der Waals surface area contributed by atoms with E-state index in [0.717, 1.165) is 29.9 Å². The predicted molar refractivity (Wildman–Crippen MR) is 163 cm³/mol. The first-order chi connectivity index (χ1) is 19.7. The molecule has 0 aromatic heterocycles. The smallest absolute Gasteiger partial charge is 0.211 e. The number of hydrogen-bond donors (Lipinski definition) is 0. The molecule has 2 nitrogen and oxygen atoms in total. The Morgan fingerprint density at radius 2 is 1.45 bits per heavy atom. The Balaban J connectivity index is 1.16. The monoisotopic (exact) mass is 528 g/mol. The van der Waals surface area contributed by atoms with Gasteiger partial charge in [-0.1, -0.05) is 93.1 Å². The highest BCUT2D eigenvalue weighted by Crippen LogP contribution is 2.60. The first kappa shape index (κ1) is 24.7. The molecule has 0 N–H and O–H groups in total. The standard InChI is InChI=1S/C38H40O2/c1-3-23(2)24-15-16-26-20-28(18-17-25(26)19-24)39-38(40-36-22-27-21-35(36)30-14-8-13-29(27)30)37-33-11-6-4-9-31(33)32-10-5-7-12-34(32)37/h4-7,9-12,15-20,23,27,29-30,35-38H,3,8,13-14,21-22H2,1-2H3. The second kappa shape index (κ2) is 9.77. The van der Waals surface area contributed by atoms with Crippen LogP contribution in [0, 0.1) is 23.7 Å². The largest absolute Gasteiger partial charge is 0.464 e. The van der Waals surface area contributed by atoms with Crippen molar-refractivity contribution in [3.8, 4) is 16.9 Å². The molecule has 0 spiro atoms. The minimum Gasteiger partial charge on any atom is -0.464 e. The van der Waals surface area contributed by atoms with E-state index in [9.17, 15) is 0 Å². The van der Waals surface area contributed by atoms with Gasteiger partial charge in [-0.05, 0) is 112 Å². The second-order valence-electron chi connectivity index (χ2n) is 13.0. The van der Waals surface area contributed by atoms with Crippen LogP contribution in [0.2, 0.25) is 0 Å². The Labute approximate surface area is 238 Å². The van der Waals surface area contributed by atoms with E-state index in [1.54, 1.807) is 0 Å². The zero-order valence-corrected chi connectivity index (χ0v) is 23.8. The van der Waals surface area contributed by atoms with Gasteiger partial charge in [0, 0.05) is 0 Å². The van der Waals surface area contributed by atoms with Gasteiger partial charge in [0.15, 0.2) is 0 Å². The van der Waals surface area contributed by atoms with Gasteiger partial charge < -0.3 is 9.47 Å². The van der Waals surface area contributed by atoms with Gasteiger partial charge in [-0.15, -0.1) is 0 Å². The minimum absolute atomic E-state index is 0.0642. The Bertz CT molecular complexity index is 1510. The molecule has 0 saturated heterocycles.